The molecule has 13 nitrogen and oxygen atoms in total. The molecule has 2 aromatic heterocycles. The van der Waals surface area contributed by atoms with E-state index in [1.807, 2.05) is 4.90 Å². The monoisotopic (exact) mass is 909 g/mol. The molecule has 0 atom stereocenters. The highest BCUT2D eigenvalue weighted by Crippen LogP contribution is 2.64. The van der Waals surface area contributed by atoms with Gasteiger partial charge in [-0.2, -0.15) is 0 Å². The van der Waals surface area contributed by atoms with Gasteiger partial charge in [0, 0.05) is 95.0 Å². The number of nitrogens with zero attached hydrogens (tertiary/aromatic N) is 6. The van der Waals surface area contributed by atoms with Gasteiger partial charge >= 0.3 is 5.97 Å². The van der Waals surface area contributed by atoms with E-state index in [0.29, 0.717) is 57.6 Å². The lowest BCUT2D eigenvalue weighted by molar-refractivity contribution is -0.148. The molecule has 2 aliphatic heterocycles. The molecule has 0 radical (unpaired) electrons. The van der Waals surface area contributed by atoms with Crippen LogP contribution in [0.3, 0.4) is 0 Å². The van der Waals surface area contributed by atoms with E-state index in [-0.39, 0.29) is 65.9 Å². The third kappa shape index (κ3) is 7.57. The fourth-order valence-electron chi connectivity index (χ4n) is 12.1. The molecular weight excluding hydrogens is 828 g/mol. The van der Waals surface area contributed by atoms with Crippen molar-refractivity contribution < 1.29 is 48.9 Å². The van der Waals surface area contributed by atoms with Gasteiger partial charge in [0.2, 0.25) is 0 Å². The van der Waals surface area contributed by atoms with E-state index in [1.54, 1.807) is 0 Å². The van der Waals surface area contributed by atoms with Crippen LogP contribution in [-0.4, -0.2) is 91.6 Å². The lowest BCUT2D eigenvalue weighted by atomic mass is 9.80. The lowest BCUT2D eigenvalue weighted by Crippen LogP contribution is -2.34. The number of carbonyl (C=O) groups is 3. The van der Waals surface area contributed by atoms with Gasteiger partial charge in [-0.3, -0.25) is 24.2 Å². The number of nitrogens with one attached hydrogen (secondary N) is 2. The molecule has 4 fully saturated rings. The van der Waals surface area contributed by atoms with Crippen LogP contribution in [0.5, 0.6) is 0 Å². The van der Waals surface area contributed by atoms with Gasteiger partial charge in [0.1, 0.15) is 0 Å². The Hall–Kier alpha value is -4.56. The van der Waals surface area contributed by atoms with E-state index >= 15 is 0 Å². The van der Waals surface area contributed by atoms with Gasteiger partial charge in [-0.1, -0.05) is 35.8 Å². The van der Waals surface area contributed by atoms with E-state index < -0.39 is 132 Å². The zero-order chi connectivity index (χ0) is 59.8. The van der Waals surface area contributed by atoms with Gasteiger partial charge < -0.3 is 29.6 Å². The summed E-state index contributed by atoms with van der Waals surface area (Å²) < 4.78 is 160. The highest BCUT2D eigenvalue weighted by molar-refractivity contribution is 6.36. The molecule has 4 saturated carbocycles. The number of carbonyl (C=O) groups excluding carboxylic acids is 2. The molecular formula is C50H63ClN8O5. The summed E-state index contributed by atoms with van der Waals surface area (Å²) in [5, 5.41) is 13.8. The molecule has 14 heteroatoms. The maximum Gasteiger partial charge on any atom is 0.309 e. The third-order valence-corrected chi connectivity index (χ3v) is 16.2. The van der Waals surface area contributed by atoms with E-state index in [2.05, 4.69) is 25.5 Å². The predicted molar refractivity (Wildman–Crippen MR) is 247 cm³/mol. The minimum Gasteiger partial charge on any atom is -0.481 e. The van der Waals surface area contributed by atoms with Gasteiger partial charge in [0.15, 0.2) is 11.6 Å². The lowest BCUT2D eigenvalue weighted by Gasteiger charge is -2.32. The molecule has 2 amide bonds. The number of carboxylic acids is 1. The Balaban J connectivity index is 0.932. The second-order valence-electron chi connectivity index (χ2n) is 19.5. The molecule has 3 N–H and O–H groups in total. The SMILES string of the molecule is [2H]c1c([2H])c(NC(=O)c2nc3c(n2C([2H])([2H])[2H])CCN(CCC24CCC(COC([2H])([2H])[2H])(CC2)C4)C3)c(Cl)c(-c2c([2H])c([2H])c([2H])c(NC(=O)c3nc4c(n3C([2H])([2H])[2H])CCN(CCC35CCC(C(=O)O)(CC3)C5)C4)c2C([2H])([2H])[2H])c1[2H]. The number of hydrogen-bond acceptors (Lipinski definition) is 8. The zero-order valence-electron chi connectivity index (χ0n) is 53.5. The molecule has 6 aliphatic rings. The standard InChI is InChI=1S/C50H63ClN8O5/c1-32-33(7-5-9-35(32)54-44(60)42-52-37-28-59(24-12-39(37)56(42)2)26-22-48-17-19-50(30-48,20-18-48)46(62)63)34-8-6-10-36(41(34)51)55-45(61)43-53-38-27-58(23-11-40(38)57(43)3)25-21-47-13-15-49(29-47,16-14-47)31-64-4/h5-10H,11-31H2,1-4H3,(H,54,60)(H,55,61)(H,62,63)/i1D3,2D3,3D3,4D3,5D,6D,7D,8D,9D,10D. The second kappa shape index (κ2) is 16.4. The maximum atomic E-state index is 14.5. The van der Waals surface area contributed by atoms with Crippen molar-refractivity contribution in [2.45, 2.75) is 110 Å². The fraction of sp³-hybridized carbons (Fsp3) is 0.580. The van der Waals surface area contributed by atoms with Gasteiger partial charge in [-0.05, 0) is 136 Å². The largest absolute Gasteiger partial charge is 0.481 e. The molecule has 4 aliphatic carbocycles. The average Bonchev–Trinajstić information content (AvgIpc) is 1.81. The number of aliphatic carboxylic acids is 1. The number of anilines is 2. The summed E-state index contributed by atoms with van der Waals surface area (Å²) >= 11 is 6.96. The van der Waals surface area contributed by atoms with E-state index in [1.165, 1.54) is 0 Å². The molecule has 4 bridgehead atoms. The van der Waals surface area contributed by atoms with Crippen molar-refractivity contribution in [3.8, 4) is 11.1 Å². The quantitative estimate of drug-likeness (QED) is 0.114. The Kier molecular flexibility index (Phi) is 6.96. The van der Waals surface area contributed by atoms with Crippen molar-refractivity contribution >= 4 is 40.8 Å². The highest BCUT2D eigenvalue weighted by Gasteiger charge is 2.58. The Bertz CT molecular complexity index is 3280. The number of rotatable bonds is 14. The van der Waals surface area contributed by atoms with Crippen LogP contribution in [0.2, 0.25) is 5.02 Å². The van der Waals surface area contributed by atoms with Gasteiger partial charge in [0.25, 0.3) is 11.8 Å². The first-order valence-electron chi connectivity index (χ1n) is 31.1. The molecule has 64 heavy (non-hydrogen) atoms. The molecule has 4 heterocycles. The molecule has 0 spiro atoms. The Labute approximate surface area is 406 Å². The average molecular weight is 910 g/mol. The van der Waals surface area contributed by atoms with Gasteiger partial charge in [-0.15, -0.1) is 0 Å². The number of aromatic nitrogens is 4. The van der Waals surface area contributed by atoms with Crippen LogP contribution in [0.15, 0.2) is 36.3 Å². The summed E-state index contributed by atoms with van der Waals surface area (Å²) in [5.41, 5.74) is -4.34. The van der Waals surface area contributed by atoms with Crippen molar-refractivity contribution in [2.75, 3.05) is 50.5 Å². The maximum absolute atomic E-state index is 14.5. The summed E-state index contributed by atoms with van der Waals surface area (Å²) in [6.07, 6.45) is 9.58. The second-order valence-corrected chi connectivity index (χ2v) is 19.8. The summed E-state index contributed by atoms with van der Waals surface area (Å²) in [7, 11) is -2.48. The molecule has 340 valence electrons. The number of amides is 2. The van der Waals surface area contributed by atoms with Crippen molar-refractivity contribution in [2.24, 2.45) is 35.6 Å². The number of carboxylic acid groups (broad SMARTS) is 1. The Morgan fingerprint density at radius 2 is 1.31 bits per heavy atom. The van der Waals surface area contributed by atoms with Crippen LogP contribution in [0.4, 0.5) is 11.4 Å². The summed E-state index contributed by atoms with van der Waals surface area (Å²) in [6.45, 7) is -6.98. The number of imidazole rings is 2. The fourth-order valence-corrected chi connectivity index (χ4v) is 12.4. The van der Waals surface area contributed by atoms with Crippen LogP contribution < -0.4 is 10.6 Å². The molecule has 0 saturated heterocycles. The van der Waals surface area contributed by atoms with Gasteiger partial charge in [-0.25, -0.2) is 9.97 Å². The minimum absolute atomic E-state index is 0.00556. The minimum atomic E-state index is -3.44. The first-order valence-corrected chi connectivity index (χ1v) is 22.5. The van der Waals surface area contributed by atoms with Crippen LogP contribution in [0, 0.1) is 28.5 Å². The number of methoxy groups -OCH3 is 1. The number of hydrogen-bond donors (Lipinski definition) is 3. The van der Waals surface area contributed by atoms with E-state index in [4.69, 9.17) is 41.0 Å². The summed E-state index contributed by atoms with van der Waals surface area (Å²) in [6, 6.07) is -5.81. The Morgan fingerprint density at radius 1 is 0.766 bits per heavy atom. The molecule has 0 unspecified atom stereocenters. The van der Waals surface area contributed by atoms with Crippen molar-refractivity contribution in [3.63, 3.8) is 0 Å². The number of fused-ring (bicyclic) bond motifs is 6. The molecule has 4 aromatic rings. The van der Waals surface area contributed by atoms with Crippen molar-refractivity contribution in [3.05, 3.63) is 81.3 Å². The number of benzene rings is 2. The van der Waals surface area contributed by atoms with Crippen molar-refractivity contribution in [1.82, 2.24) is 28.9 Å². The highest BCUT2D eigenvalue weighted by atomic mass is 35.5. The normalized spacial score (nSPS) is 32.1. The number of halogens is 1. The predicted octanol–water partition coefficient (Wildman–Crippen LogP) is 8.42. The summed E-state index contributed by atoms with van der Waals surface area (Å²) in [5.74, 6) is -4.61. The topological polar surface area (TPSA) is 147 Å². The van der Waals surface area contributed by atoms with E-state index in [9.17, 15) is 19.5 Å². The Morgan fingerprint density at radius 3 is 1.88 bits per heavy atom. The van der Waals surface area contributed by atoms with Crippen LogP contribution in [0.1, 0.15) is 151 Å². The molecule has 10 rings (SSSR count). The zero-order valence-corrected chi connectivity index (χ0v) is 36.2. The molecule has 2 aromatic carbocycles. The number of ether oxygens (including phenoxy) is 1. The first-order chi connectivity index (χ1) is 38.0. The van der Waals surface area contributed by atoms with E-state index in [0.717, 1.165) is 60.5 Å². The van der Waals surface area contributed by atoms with Crippen molar-refractivity contribution in [1.29, 1.82) is 0 Å². The van der Waals surface area contributed by atoms with Crippen LogP contribution >= 0.6 is 11.6 Å². The smallest absolute Gasteiger partial charge is 0.309 e. The van der Waals surface area contributed by atoms with Crippen LogP contribution in [0.25, 0.3) is 11.1 Å². The third-order valence-electron chi connectivity index (χ3n) is 15.9. The first kappa shape index (κ1) is 27.2. The summed E-state index contributed by atoms with van der Waals surface area (Å²) in [4.78, 5) is 54.2. The van der Waals surface area contributed by atoms with Crippen LogP contribution in [-0.2, 0) is 49.4 Å². The van der Waals surface area contributed by atoms with Gasteiger partial charge in [0.05, 0.1) is 46.5 Å².